The highest BCUT2D eigenvalue weighted by Gasteiger charge is 2.26. The zero-order valence-corrected chi connectivity index (χ0v) is 9.27. The van der Waals surface area contributed by atoms with Crippen LogP contribution in [0.5, 0.6) is 5.75 Å². The third-order valence-corrected chi connectivity index (χ3v) is 2.82. The first kappa shape index (κ1) is 11.0. The lowest BCUT2D eigenvalue weighted by molar-refractivity contribution is -0.125. The number of rotatable bonds is 3. The molecule has 1 heterocycles. The maximum Gasteiger partial charge on any atom is 0.224 e. The highest BCUT2D eigenvalue weighted by molar-refractivity contribution is 5.79. The topological polar surface area (TPSA) is 64.4 Å². The summed E-state index contributed by atoms with van der Waals surface area (Å²) in [5.41, 5.74) is 6.49. The Morgan fingerprint density at radius 2 is 2.38 bits per heavy atom. The number of benzene rings is 1. The largest absolute Gasteiger partial charge is 0.491 e. The lowest BCUT2D eigenvalue weighted by Crippen LogP contribution is -2.36. The first-order chi connectivity index (χ1) is 7.72. The first-order valence-corrected chi connectivity index (χ1v) is 5.44. The van der Waals surface area contributed by atoms with Gasteiger partial charge in [0.2, 0.25) is 5.91 Å². The average molecular weight is 220 g/mol. The molecule has 0 saturated heterocycles. The van der Waals surface area contributed by atoms with Gasteiger partial charge in [0, 0.05) is 18.0 Å². The normalized spacial score (nSPS) is 19.8. The molecule has 16 heavy (non-hydrogen) atoms. The number of amides is 1. The molecular weight excluding hydrogens is 204 g/mol. The number of hydrogen-bond acceptors (Lipinski definition) is 3. The van der Waals surface area contributed by atoms with Crippen LogP contribution < -0.4 is 15.8 Å². The van der Waals surface area contributed by atoms with Gasteiger partial charge >= 0.3 is 0 Å². The van der Waals surface area contributed by atoms with Gasteiger partial charge in [-0.2, -0.15) is 0 Å². The van der Waals surface area contributed by atoms with Crippen molar-refractivity contribution < 1.29 is 9.53 Å². The van der Waals surface area contributed by atoms with E-state index in [1.54, 1.807) is 0 Å². The van der Waals surface area contributed by atoms with E-state index >= 15 is 0 Å². The maximum atomic E-state index is 11.7. The molecular formula is C12H16N2O2. The molecule has 1 amide bonds. The molecule has 0 aromatic heterocycles. The molecule has 3 N–H and O–H groups in total. The van der Waals surface area contributed by atoms with E-state index < -0.39 is 0 Å². The van der Waals surface area contributed by atoms with Gasteiger partial charge in [-0.1, -0.05) is 25.1 Å². The Balaban J connectivity index is 2.06. The molecule has 2 atom stereocenters. The summed E-state index contributed by atoms with van der Waals surface area (Å²) in [5.74, 6) is 0.675. The molecule has 2 unspecified atom stereocenters. The van der Waals surface area contributed by atoms with Crippen LogP contribution >= 0.6 is 0 Å². The average Bonchev–Trinajstić information content (AvgIpc) is 2.72. The molecule has 0 radical (unpaired) electrons. The first-order valence-electron chi connectivity index (χ1n) is 5.44. The Labute approximate surface area is 94.8 Å². The monoisotopic (exact) mass is 220 g/mol. The SMILES string of the molecule is CC(CN)C(=O)NC1COc2ccccc21. The zero-order valence-electron chi connectivity index (χ0n) is 9.27. The van der Waals surface area contributed by atoms with Crippen LogP contribution in [0.2, 0.25) is 0 Å². The van der Waals surface area contributed by atoms with E-state index in [1.807, 2.05) is 31.2 Å². The van der Waals surface area contributed by atoms with Crippen LogP contribution in [0.1, 0.15) is 18.5 Å². The summed E-state index contributed by atoms with van der Waals surface area (Å²) in [7, 11) is 0. The quantitative estimate of drug-likeness (QED) is 0.793. The van der Waals surface area contributed by atoms with Gasteiger partial charge in [-0.3, -0.25) is 4.79 Å². The van der Waals surface area contributed by atoms with E-state index in [4.69, 9.17) is 10.5 Å². The molecule has 1 aromatic rings. The number of hydrogen-bond donors (Lipinski definition) is 2. The van der Waals surface area contributed by atoms with Crippen molar-refractivity contribution in [3.63, 3.8) is 0 Å². The highest BCUT2D eigenvalue weighted by Crippen LogP contribution is 2.31. The number of carbonyl (C=O) groups is 1. The zero-order chi connectivity index (χ0) is 11.5. The second-order valence-electron chi connectivity index (χ2n) is 4.05. The summed E-state index contributed by atoms with van der Waals surface area (Å²) in [6.07, 6.45) is 0. The molecule has 4 heteroatoms. The Bertz CT molecular complexity index is 392. The van der Waals surface area contributed by atoms with Gasteiger partial charge in [-0.05, 0) is 6.07 Å². The van der Waals surface area contributed by atoms with Gasteiger partial charge in [0.15, 0.2) is 0 Å². The van der Waals surface area contributed by atoms with Gasteiger partial charge in [0.05, 0.1) is 6.04 Å². The molecule has 1 aliphatic heterocycles. The van der Waals surface area contributed by atoms with E-state index in [0.29, 0.717) is 13.2 Å². The molecule has 1 aliphatic rings. The fourth-order valence-corrected chi connectivity index (χ4v) is 1.70. The van der Waals surface area contributed by atoms with E-state index in [1.165, 1.54) is 0 Å². The van der Waals surface area contributed by atoms with E-state index in [9.17, 15) is 4.79 Å². The van der Waals surface area contributed by atoms with Crippen molar-refractivity contribution in [2.75, 3.05) is 13.2 Å². The van der Waals surface area contributed by atoms with Gasteiger partial charge in [0.1, 0.15) is 12.4 Å². The number of fused-ring (bicyclic) bond motifs is 1. The fraction of sp³-hybridized carbons (Fsp3) is 0.417. The minimum atomic E-state index is -0.159. The van der Waals surface area contributed by atoms with Crippen LogP contribution in [0.15, 0.2) is 24.3 Å². The lowest BCUT2D eigenvalue weighted by atomic mass is 10.1. The second kappa shape index (κ2) is 4.53. The Hall–Kier alpha value is -1.55. The van der Waals surface area contributed by atoms with Gasteiger partial charge in [-0.15, -0.1) is 0 Å². The van der Waals surface area contributed by atoms with Crippen LogP contribution in [-0.4, -0.2) is 19.1 Å². The molecule has 1 aromatic carbocycles. The van der Waals surface area contributed by atoms with Crippen LogP contribution in [0.3, 0.4) is 0 Å². The third kappa shape index (κ3) is 2.02. The smallest absolute Gasteiger partial charge is 0.224 e. The summed E-state index contributed by atoms with van der Waals surface area (Å²) < 4.78 is 5.48. The predicted octanol–water partition coefficient (Wildman–Crippen LogP) is 0.831. The van der Waals surface area contributed by atoms with Crippen molar-refractivity contribution >= 4 is 5.91 Å². The number of nitrogens with two attached hydrogens (primary N) is 1. The van der Waals surface area contributed by atoms with Crippen LogP contribution in [0.4, 0.5) is 0 Å². The number of nitrogens with one attached hydrogen (secondary N) is 1. The molecule has 0 bridgehead atoms. The van der Waals surface area contributed by atoms with Crippen LogP contribution in [0.25, 0.3) is 0 Å². The molecule has 2 rings (SSSR count). The van der Waals surface area contributed by atoms with Gasteiger partial charge < -0.3 is 15.8 Å². The van der Waals surface area contributed by atoms with Gasteiger partial charge in [0.25, 0.3) is 0 Å². The number of carbonyl (C=O) groups excluding carboxylic acids is 1. The second-order valence-corrected chi connectivity index (χ2v) is 4.05. The van der Waals surface area contributed by atoms with Crippen molar-refractivity contribution in [2.45, 2.75) is 13.0 Å². The van der Waals surface area contributed by atoms with E-state index in [0.717, 1.165) is 11.3 Å². The standard InChI is InChI=1S/C12H16N2O2/c1-8(6-13)12(15)14-10-7-16-11-5-3-2-4-9(10)11/h2-5,8,10H,6-7,13H2,1H3,(H,14,15). The minimum Gasteiger partial charge on any atom is -0.491 e. The van der Waals surface area contributed by atoms with E-state index in [-0.39, 0.29) is 17.9 Å². The van der Waals surface area contributed by atoms with Crippen molar-refractivity contribution in [1.29, 1.82) is 0 Å². The maximum absolute atomic E-state index is 11.7. The summed E-state index contributed by atoms with van der Waals surface area (Å²) in [5, 5.41) is 2.94. The molecule has 86 valence electrons. The molecule has 0 aliphatic carbocycles. The summed E-state index contributed by atoms with van der Waals surface area (Å²) >= 11 is 0. The van der Waals surface area contributed by atoms with E-state index in [2.05, 4.69) is 5.32 Å². The molecule has 0 spiro atoms. The number of para-hydroxylation sites is 1. The summed E-state index contributed by atoms with van der Waals surface area (Å²) in [6.45, 7) is 2.68. The summed E-state index contributed by atoms with van der Waals surface area (Å²) in [6, 6.07) is 7.71. The number of ether oxygens (including phenoxy) is 1. The Morgan fingerprint density at radius 1 is 1.62 bits per heavy atom. The predicted molar refractivity (Wildman–Crippen MR) is 61.0 cm³/mol. The van der Waals surface area contributed by atoms with Crippen molar-refractivity contribution in [3.8, 4) is 5.75 Å². The van der Waals surface area contributed by atoms with Crippen molar-refractivity contribution in [1.82, 2.24) is 5.32 Å². The Kier molecular flexibility index (Phi) is 3.10. The fourth-order valence-electron chi connectivity index (χ4n) is 1.70. The van der Waals surface area contributed by atoms with Gasteiger partial charge in [-0.25, -0.2) is 0 Å². The lowest BCUT2D eigenvalue weighted by Gasteiger charge is -2.14. The van der Waals surface area contributed by atoms with Crippen molar-refractivity contribution in [3.05, 3.63) is 29.8 Å². The molecule has 0 saturated carbocycles. The third-order valence-electron chi connectivity index (χ3n) is 2.82. The van der Waals surface area contributed by atoms with Crippen molar-refractivity contribution in [2.24, 2.45) is 11.7 Å². The molecule has 4 nitrogen and oxygen atoms in total. The highest BCUT2D eigenvalue weighted by atomic mass is 16.5. The molecule has 0 fully saturated rings. The van der Waals surface area contributed by atoms with Crippen LogP contribution in [-0.2, 0) is 4.79 Å². The van der Waals surface area contributed by atoms with Crippen LogP contribution in [0, 0.1) is 5.92 Å². The Morgan fingerprint density at radius 3 is 3.12 bits per heavy atom. The summed E-state index contributed by atoms with van der Waals surface area (Å²) in [4.78, 5) is 11.7. The minimum absolute atomic E-state index is 0.0206.